The molecule has 1 aromatic heterocycles. The van der Waals surface area contributed by atoms with Gasteiger partial charge < -0.3 is 16.4 Å². The van der Waals surface area contributed by atoms with Crippen molar-refractivity contribution in [2.75, 3.05) is 24.1 Å². The number of pyridine rings is 1. The Bertz CT molecular complexity index is 425. The van der Waals surface area contributed by atoms with Crippen LogP contribution in [0.4, 0.5) is 11.5 Å². The number of amides is 1. The average molecular weight is 248 g/mol. The third-order valence-electron chi connectivity index (χ3n) is 2.20. The Labute approximate surface area is 107 Å². The number of hydrogen-bond donors (Lipinski definition) is 3. The van der Waals surface area contributed by atoms with Crippen LogP contribution in [0.15, 0.2) is 30.0 Å². The van der Waals surface area contributed by atoms with Crippen molar-refractivity contribution >= 4 is 17.4 Å². The summed E-state index contributed by atoms with van der Waals surface area (Å²) in [7, 11) is 0. The first-order chi connectivity index (χ1) is 8.59. The number of rotatable bonds is 6. The van der Waals surface area contributed by atoms with E-state index in [1.165, 1.54) is 0 Å². The molecular weight excluding hydrogens is 228 g/mol. The molecule has 0 aliphatic heterocycles. The lowest BCUT2D eigenvalue weighted by Gasteiger charge is -2.07. The molecule has 1 aromatic rings. The standard InChI is InChI=1S/C13H20N4O/c1-10(2)9-12(18)15-7-4-8-17-13-11(14)5-3-6-16-13/h3,5-6,9H,4,7-8,14H2,1-2H3,(H,15,18)(H,16,17). The molecular formula is C13H20N4O. The highest BCUT2D eigenvalue weighted by molar-refractivity contribution is 5.87. The van der Waals surface area contributed by atoms with Crippen LogP contribution in [0.3, 0.4) is 0 Å². The Morgan fingerprint density at radius 2 is 2.22 bits per heavy atom. The third-order valence-corrected chi connectivity index (χ3v) is 2.20. The molecule has 0 fully saturated rings. The van der Waals surface area contributed by atoms with Gasteiger partial charge in [-0.1, -0.05) is 5.57 Å². The van der Waals surface area contributed by atoms with Crippen LogP contribution >= 0.6 is 0 Å². The predicted molar refractivity (Wildman–Crippen MR) is 74.2 cm³/mol. The molecule has 98 valence electrons. The summed E-state index contributed by atoms with van der Waals surface area (Å²) in [5, 5.41) is 5.93. The number of nitrogens with two attached hydrogens (primary N) is 1. The van der Waals surface area contributed by atoms with Gasteiger partial charge in [0, 0.05) is 25.4 Å². The van der Waals surface area contributed by atoms with Crippen LogP contribution in [0.2, 0.25) is 0 Å². The molecule has 5 nitrogen and oxygen atoms in total. The van der Waals surface area contributed by atoms with Gasteiger partial charge in [-0.05, 0) is 32.4 Å². The smallest absolute Gasteiger partial charge is 0.243 e. The molecule has 0 unspecified atom stereocenters. The van der Waals surface area contributed by atoms with Gasteiger partial charge in [0.05, 0.1) is 5.69 Å². The Hall–Kier alpha value is -2.04. The van der Waals surface area contributed by atoms with Crippen molar-refractivity contribution in [3.63, 3.8) is 0 Å². The van der Waals surface area contributed by atoms with E-state index in [2.05, 4.69) is 15.6 Å². The van der Waals surface area contributed by atoms with Gasteiger partial charge in [-0.15, -0.1) is 0 Å². The first kappa shape index (κ1) is 14.0. The summed E-state index contributed by atoms with van der Waals surface area (Å²) >= 11 is 0. The van der Waals surface area contributed by atoms with E-state index in [1.807, 2.05) is 13.8 Å². The lowest BCUT2D eigenvalue weighted by molar-refractivity contribution is -0.116. The Morgan fingerprint density at radius 3 is 2.89 bits per heavy atom. The van der Waals surface area contributed by atoms with E-state index in [1.54, 1.807) is 24.4 Å². The zero-order valence-electron chi connectivity index (χ0n) is 10.9. The van der Waals surface area contributed by atoms with Gasteiger partial charge >= 0.3 is 0 Å². The summed E-state index contributed by atoms with van der Waals surface area (Å²) in [4.78, 5) is 15.4. The second kappa shape index (κ2) is 7.32. The highest BCUT2D eigenvalue weighted by Crippen LogP contribution is 2.12. The van der Waals surface area contributed by atoms with Gasteiger partial charge in [0.2, 0.25) is 5.91 Å². The average Bonchev–Trinajstić information content (AvgIpc) is 2.30. The van der Waals surface area contributed by atoms with Crippen LogP contribution in [0.5, 0.6) is 0 Å². The minimum absolute atomic E-state index is 0.0487. The number of carbonyl (C=O) groups is 1. The SMILES string of the molecule is CC(C)=CC(=O)NCCCNc1ncccc1N. The molecule has 0 saturated carbocycles. The van der Waals surface area contributed by atoms with E-state index in [4.69, 9.17) is 5.73 Å². The van der Waals surface area contributed by atoms with Gasteiger partial charge in [0.15, 0.2) is 0 Å². The molecule has 0 aliphatic carbocycles. The van der Waals surface area contributed by atoms with Crippen LogP contribution in [0.25, 0.3) is 0 Å². The van der Waals surface area contributed by atoms with Crippen molar-refractivity contribution in [3.05, 3.63) is 30.0 Å². The maximum absolute atomic E-state index is 11.3. The second-order valence-corrected chi connectivity index (χ2v) is 4.23. The maximum Gasteiger partial charge on any atom is 0.243 e. The van der Waals surface area contributed by atoms with E-state index >= 15 is 0 Å². The predicted octanol–water partition coefficient (Wildman–Crippen LogP) is 1.55. The van der Waals surface area contributed by atoms with Gasteiger partial charge in [0.25, 0.3) is 0 Å². The van der Waals surface area contributed by atoms with Gasteiger partial charge in [-0.3, -0.25) is 4.79 Å². The lowest BCUT2D eigenvalue weighted by Crippen LogP contribution is -2.24. The summed E-state index contributed by atoms with van der Waals surface area (Å²) in [6.45, 7) is 5.13. The molecule has 1 rings (SSSR count). The van der Waals surface area contributed by atoms with Gasteiger partial charge in [-0.2, -0.15) is 0 Å². The summed E-state index contributed by atoms with van der Waals surface area (Å²) in [6.07, 6.45) is 4.10. The second-order valence-electron chi connectivity index (χ2n) is 4.23. The number of nitrogens with zero attached hydrogens (tertiary/aromatic N) is 1. The summed E-state index contributed by atoms with van der Waals surface area (Å²) in [6, 6.07) is 3.59. The zero-order valence-corrected chi connectivity index (χ0v) is 10.9. The molecule has 0 atom stereocenters. The van der Waals surface area contributed by atoms with Gasteiger partial charge in [-0.25, -0.2) is 4.98 Å². The molecule has 0 spiro atoms. The maximum atomic E-state index is 11.3. The quantitative estimate of drug-likeness (QED) is 0.527. The number of carbonyl (C=O) groups excluding carboxylic acids is 1. The number of allylic oxidation sites excluding steroid dienone is 1. The fourth-order valence-electron chi connectivity index (χ4n) is 1.39. The molecule has 0 saturated heterocycles. The molecule has 4 N–H and O–H groups in total. The highest BCUT2D eigenvalue weighted by Gasteiger charge is 1.98. The van der Waals surface area contributed by atoms with Crippen LogP contribution in [-0.2, 0) is 4.79 Å². The molecule has 0 aliphatic rings. The largest absolute Gasteiger partial charge is 0.396 e. The molecule has 0 aromatic carbocycles. The van der Waals surface area contributed by atoms with E-state index < -0.39 is 0 Å². The van der Waals surface area contributed by atoms with Gasteiger partial charge in [0.1, 0.15) is 5.82 Å². The van der Waals surface area contributed by atoms with Crippen molar-refractivity contribution in [1.29, 1.82) is 0 Å². The Balaban J connectivity index is 2.18. The molecule has 1 amide bonds. The molecule has 0 radical (unpaired) electrons. The fraction of sp³-hybridized carbons (Fsp3) is 0.385. The summed E-state index contributed by atoms with van der Waals surface area (Å²) in [5.74, 6) is 0.639. The van der Waals surface area contributed by atoms with Crippen molar-refractivity contribution < 1.29 is 4.79 Å². The monoisotopic (exact) mass is 248 g/mol. The fourth-order valence-corrected chi connectivity index (χ4v) is 1.39. The topological polar surface area (TPSA) is 80.0 Å². The van der Waals surface area contributed by atoms with Crippen LogP contribution in [0, 0.1) is 0 Å². The number of hydrogen-bond acceptors (Lipinski definition) is 4. The summed E-state index contributed by atoms with van der Waals surface area (Å²) < 4.78 is 0. The van der Waals surface area contributed by atoms with E-state index in [0.717, 1.165) is 18.5 Å². The van der Waals surface area contributed by atoms with E-state index in [9.17, 15) is 4.79 Å². The molecule has 18 heavy (non-hydrogen) atoms. The normalized spacial score (nSPS) is 9.67. The third kappa shape index (κ3) is 5.34. The summed E-state index contributed by atoms with van der Waals surface area (Å²) in [5.41, 5.74) is 7.36. The van der Waals surface area contributed by atoms with Crippen molar-refractivity contribution in [2.45, 2.75) is 20.3 Å². The highest BCUT2D eigenvalue weighted by atomic mass is 16.1. The van der Waals surface area contributed by atoms with Crippen LogP contribution in [-0.4, -0.2) is 24.0 Å². The first-order valence-electron chi connectivity index (χ1n) is 5.96. The molecule has 5 heteroatoms. The number of anilines is 2. The minimum atomic E-state index is -0.0487. The minimum Gasteiger partial charge on any atom is -0.396 e. The van der Waals surface area contributed by atoms with Crippen molar-refractivity contribution in [1.82, 2.24) is 10.3 Å². The van der Waals surface area contributed by atoms with Crippen LogP contribution in [0.1, 0.15) is 20.3 Å². The zero-order chi connectivity index (χ0) is 13.4. The van der Waals surface area contributed by atoms with Crippen molar-refractivity contribution in [2.24, 2.45) is 0 Å². The first-order valence-corrected chi connectivity index (χ1v) is 5.96. The Kier molecular flexibility index (Phi) is 5.70. The van der Waals surface area contributed by atoms with Crippen LogP contribution < -0.4 is 16.4 Å². The number of aromatic nitrogens is 1. The Morgan fingerprint density at radius 1 is 1.44 bits per heavy atom. The van der Waals surface area contributed by atoms with Crippen molar-refractivity contribution in [3.8, 4) is 0 Å². The molecule has 1 heterocycles. The number of nitrogen functional groups attached to an aromatic ring is 1. The number of nitrogens with one attached hydrogen (secondary N) is 2. The van der Waals surface area contributed by atoms with E-state index in [0.29, 0.717) is 18.1 Å². The lowest BCUT2D eigenvalue weighted by atomic mass is 10.3. The molecule has 0 bridgehead atoms. The van der Waals surface area contributed by atoms with E-state index in [-0.39, 0.29) is 5.91 Å².